The van der Waals surface area contributed by atoms with Crippen molar-refractivity contribution >= 4 is 57.6 Å². The summed E-state index contributed by atoms with van der Waals surface area (Å²) in [5.41, 5.74) is 2.89. The van der Waals surface area contributed by atoms with Gasteiger partial charge < -0.3 is 49.7 Å². The van der Waals surface area contributed by atoms with E-state index in [1.165, 1.54) is 0 Å². The van der Waals surface area contributed by atoms with Crippen LogP contribution in [0.4, 0.5) is 9.59 Å². The molecule has 0 bridgehead atoms. The number of hydrogen-bond donors (Lipinski definition) is 4. The molecule has 1 unspecified atom stereocenters. The van der Waals surface area contributed by atoms with Crippen LogP contribution in [0, 0.1) is 35.5 Å². The smallest absolute Gasteiger partial charge is 0.408 e. The molecule has 16 nitrogen and oxygen atoms in total. The standard InChI is InChI=1S/C58H78N8O8/c1-37(2)49(61-51(67)39(5)59-55(71)73-57(7,8)9)53(69)65-31-21-23-43(65)33-41-35-63(47-27-17-15-25-45(41)47)29-19-13-14-20-30-64-36-42(46-26-16-18-28-48(46)64)34-44-24-22-32-66(44)54(70)50(38(3)4)62-52(68)40(6)60-56(72)74-58(10,11)12/h15-18,25-28,35-40,43-44,49-50H,21-24,29-34H2,1-12H3,(H,59,71)(H,60,72)(H,61,67)(H,62,68)/t39-,40?,43-,44-,49-,50-/m0/s1. The molecule has 398 valence electrons. The summed E-state index contributed by atoms with van der Waals surface area (Å²) in [6.45, 7) is 23.3. The van der Waals surface area contributed by atoms with Crippen LogP contribution in [0.3, 0.4) is 0 Å². The number of amides is 6. The Morgan fingerprint density at radius 3 is 1.28 bits per heavy atom. The number of ether oxygens (including phenoxy) is 2. The summed E-state index contributed by atoms with van der Waals surface area (Å²) >= 11 is 0. The number of hydrogen-bond acceptors (Lipinski definition) is 8. The van der Waals surface area contributed by atoms with Gasteiger partial charge in [-0.25, -0.2) is 9.59 Å². The minimum atomic E-state index is -0.898. The van der Waals surface area contributed by atoms with Crippen molar-refractivity contribution < 1.29 is 38.2 Å². The normalized spacial score (nSPS) is 17.4. The maximum absolute atomic E-state index is 14.2. The molecule has 0 radical (unpaired) electrons. The third kappa shape index (κ3) is 14.9. The Hall–Kier alpha value is -6.94. The molecule has 2 aromatic carbocycles. The minimum absolute atomic E-state index is 0.0536. The van der Waals surface area contributed by atoms with Crippen LogP contribution < -0.4 is 21.3 Å². The zero-order valence-corrected chi connectivity index (χ0v) is 45.5. The summed E-state index contributed by atoms with van der Waals surface area (Å²) in [6, 6.07) is 13.0. The number of rotatable bonds is 16. The van der Waals surface area contributed by atoms with Crippen molar-refractivity contribution in [3.05, 3.63) is 72.1 Å². The van der Waals surface area contributed by atoms with Gasteiger partial charge in [0.25, 0.3) is 0 Å². The molecule has 0 saturated carbocycles. The third-order valence-electron chi connectivity index (χ3n) is 13.4. The van der Waals surface area contributed by atoms with Crippen molar-refractivity contribution in [2.75, 3.05) is 13.1 Å². The molecule has 2 aliphatic rings. The third-order valence-corrected chi connectivity index (χ3v) is 13.4. The van der Waals surface area contributed by atoms with Crippen LogP contribution in [0.1, 0.15) is 120 Å². The highest BCUT2D eigenvalue weighted by atomic mass is 16.6. The molecule has 2 aromatic heterocycles. The number of alkyl carbamates (subject to hydrolysis) is 2. The fourth-order valence-corrected chi connectivity index (χ4v) is 9.79. The molecule has 6 rings (SSSR count). The Morgan fingerprint density at radius 2 is 0.932 bits per heavy atom. The van der Waals surface area contributed by atoms with Crippen molar-refractivity contribution in [1.82, 2.24) is 40.2 Å². The Kier molecular flexibility index (Phi) is 18.6. The van der Waals surface area contributed by atoms with Gasteiger partial charge in [0.1, 0.15) is 35.4 Å². The van der Waals surface area contributed by atoms with Gasteiger partial charge >= 0.3 is 12.2 Å². The molecular weight excluding hydrogens is 937 g/mol. The molecule has 6 amide bonds. The van der Waals surface area contributed by atoms with Crippen LogP contribution in [-0.2, 0) is 54.6 Å². The quantitative estimate of drug-likeness (QED) is 0.0833. The van der Waals surface area contributed by atoms with Crippen LogP contribution in [0.5, 0.6) is 0 Å². The van der Waals surface area contributed by atoms with E-state index in [1.807, 2.05) is 61.8 Å². The molecule has 16 heteroatoms. The number of fused-ring (bicyclic) bond motifs is 2. The summed E-state index contributed by atoms with van der Waals surface area (Å²) in [7, 11) is 0. The Morgan fingerprint density at radius 1 is 0.568 bits per heavy atom. The molecular formula is C58H78N8O8. The van der Waals surface area contributed by atoms with Crippen molar-refractivity contribution in [3.63, 3.8) is 0 Å². The number of likely N-dealkylation sites (tertiary alicyclic amines) is 2. The topological polar surface area (TPSA) is 185 Å². The van der Waals surface area contributed by atoms with E-state index >= 15 is 0 Å². The highest BCUT2D eigenvalue weighted by molar-refractivity contribution is 5.93. The SMILES string of the molecule is CC(NC(=O)OC(C)(C)C)C(=O)N[C@H](C(=O)N1CCC[C@H]1Cc1cn(CC#CC#CCn2cc(C[C@@H]3CCCN3C(=O)[C@@H](NC(=O)[C@H](C)NC(=O)OC(C)(C)C)C(C)C)c3ccccc32)c2ccccc12)C(C)C. The fraction of sp³-hybridized carbons (Fsp3) is 0.552. The van der Waals surface area contributed by atoms with Crippen LogP contribution in [0.2, 0.25) is 0 Å². The second-order valence-electron chi connectivity index (χ2n) is 22.5. The lowest BCUT2D eigenvalue weighted by Gasteiger charge is -2.32. The van der Waals surface area contributed by atoms with Crippen molar-refractivity contribution in [2.45, 2.75) is 182 Å². The molecule has 2 saturated heterocycles. The molecule has 4 heterocycles. The van der Waals surface area contributed by atoms with Gasteiger partial charge in [-0.2, -0.15) is 0 Å². The molecule has 2 fully saturated rings. The van der Waals surface area contributed by atoms with Crippen molar-refractivity contribution in [3.8, 4) is 23.7 Å². The Balaban J connectivity index is 1.08. The zero-order valence-electron chi connectivity index (χ0n) is 45.5. The molecule has 2 aliphatic heterocycles. The number of benzene rings is 2. The number of para-hydroxylation sites is 2. The first-order valence-corrected chi connectivity index (χ1v) is 26.2. The molecule has 4 aromatic rings. The zero-order chi connectivity index (χ0) is 54.1. The van der Waals surface area contributed by atoms with Gasteiger partial charge in [0.05, 0.1) is 13.1 Å². The summed E-state index contributed by atoms with van der Waals surface area (Å²) in [4.78, 5) is 83.3. The fourth-order valence-electron chi connectivity index (χ4n) is 9.79. The van der Waals surface area contributed by atoms with E-state index in [0.29, 0.717) is 39.0 Å². The van der Waals surface area contributed by atoms with E-state index in [0.717, 1.165) is 58.6 Å². The Bertz CT molecular complexity index is 2620. The first-order chi connectivity index (χ1) is 34.9. The van der Waals surface area contributed by atoms with Crippen LogP contribution in [0.25, 0.3) is 21.8 Å². The Labute approximate surface area is 437 Å². The van der Waals surface area contributed by atoms with E-state index in [-0.39, 0.29) is 35.7 Å². The maximum atomic E-state index is 14.2. The summed E-state index contributed by atoms with van der Waals surface area (Å²) < 4.78 is 14.9. The van der Waals surface area contributed by atoms with Gasteiger partial charge in [0.2, 0.25) is 23.6 Å². The van der Waals surface area contributed by atoms with E-state index in [2.05, 4.69) is 90.7 Å². The second kappa shape index (κ2) is 24.4. The first-order valence-electron chi connectivity index (χ1n) is 26.2. The first kappa shape index (κ1) is 56.4. The average molecular weight is 1020 g/mol. The predicted octanol–water partition coefficient (Wildman–Crippen LogP) is 7.48. The van der Waals surface area contributed by atoms with E-state index in [4.69, 9.17) is 9.47 Å². The highest BCUT2D eigenvalue weighted by Gasteiger charge is 2.38. The number of nitrogens with zero attached hydrogens (tertiary/aromatic N) is 4. The van der Waals surface area contributed by atoms with Crippen molar-refractivity contribution in [1.29, 1.82) is 0 Å². The van der Waals surface area contributed by atoms with Crippen LogP contribution in [-0.4, -0.2) is 115 Å². The van der Waals surface area contributed by atoms with Gasteiger partial charge in [0, 0.05) is 59.4 Å². The lowest BCUT2D eigenvalue weighted by Crippen LogP contribution is -2.56. The summed E-state index contributed by atoms with van der Waals surface area (Å²) in [6.07, 6.45) is 7.54. The van der Waals surface area contributed by atoms with Gasteiger partial charge in [0.15, 0.2) is 0 Å². The van der Waals surface area contributed by atoms with Gasteiger partial charge in [-0.15, -0.1) is 0 Å². The average Bonchev–Trinajstić information content (AvgIpc) is 4.13. The highest BCUT2D eigenvalue weighted by Crippen LogP contribution is 2.30. The van der Waals surface area contributed by atoms with Gasteiger partial charge in [-0.3, -0.25) is 19.2 Å². The van der Waals surface area contributed by atoms with Crippen molar-refractivity contribution in [2.24, 2.45) is 11.8 Å². The lowest BCUT2D eigenvalue weighted by molar-refractivity contribution is -0.139. The van der Waals surface area contributed by atoms with Gasteiger partial charge in [-0.05, 0) is 141 Å². The number of carbonyl (C=O) groups is 6. The molecule has 74 heavy (non-hydrogen) atoms. The predicted molar refractivity (Wildman–Crippen MR) is 288 cm³/mol. The molecule has 4 N–H and O–H groups in total. The molecule has 6 atom stereocenters. The molecule has 0 spiro atoms. The monoisotopic (exact) mass is 1010 g/mol. The molecule has 0 aliphatic carbocycles. The van der Waals surface area contributed by atoms with E-state index < -0.39 is 59.4 Å². The number of carbonyl (C=O) groups excluding carboxylic acids is 6. The summed E-state index contributed by atoms with van der Waals surface area (Å²) in [5.74, 6) is 11.1. The maximum Gasteiger partial charge on any atom is 0.408 e. The minimum Gasteiger partial charge on any atom is -0.444 e. The second-order valence-corrected chi connectivity index (χ2v) is 22.5. The number of aromatic nitrogens is 2. The van der Waals surface area contributed by atoms with E-state index in [9.17, 15) is 28.8 Å². The van der Waals surface area contributed by atoms with E-state index in [1.54, 1.807) is 55.4 Å². The lowest BCUT2D eigenvalue weighted by atomic mass is 9.99. The van der Waals surface area contributed by atoms with Crippen LogP contribution >= 0.6 is 0 Å². The van der Waals surface area contributed by atoms with Gasteiger partial charge in [-0.1, -0.05) is 75.9 Å². The largest absolute Gasteiger partial charge is 0.444 e. The summed E-state index contributed by atoms with van der Waals surface area (Å²) in [5, 5.41) is 13.2. The van der Waals surface area contributed by atoms with Crippen LogP contribution in [0.15, 0.2) is 60.9 Å². The number of nitrogens with one attached hydrogen (secondary N) is 4.